The van der Waals surface area contributed by atoms with Crippen molar-refractivity contribution in [2.75, 3.05) is 32.7 Å². The molecule has 15 heavy (non-hydrogen) atoms. The molecule has 3 N–H and O–H groups in total. The Hall–Kier alpha value is -1.50. The summed E-state index contributed by atoms with van der Waals surface area (Å²) in [6.45, 7) is 2.11. The molecule has 0 radical (unpaired) electrons. The van der Waals surface area contributed by atoms with Crippen LogP contribution in [-0.2, 0) is 0 Å². The number of nitrogens with zero attached hydrogens (tertiary/aromatic N) is 2. The van der Waals surface area contributed by atoms with Crippen LogP contribution in [0, 0.1) is 0 Å². The Kier molecular flexibility index (Phi) is 2.18. The van der Waals surface area contributed by atoms with Gasteiger partial charge < -0.3 is 20.4 Å². The number of carboxylic acid groups (broad SMARTS) is 2. The summed E-state index contributed by atoms with van der Waals surface area (Å²) in [5.41, 5.74) is -0.539. The van der Waals surface area contributed by atoms with Crippen molar-refractivity contribution in [2.24, 2.45) is 0 Å². The van der Waals surface area contributed by atoms with Crippen molar-refractivity contribution in [3.8, 4) is 0 Å². The van der Waals surface area contributed by atoms with Gasteiger partial charge in [0.1, 0.15) is 0 Å². The normalized spacial score (nSPS) is 23.7. The molecule has 0 unspecified atom stereocenters. The Morgan fingerprint density at radius 1 is 1.20 bits per heavy atom. The number of piperazine rings is 1. The SMILES string of the molecule is O=C(O)N1CC2(CNCCN2C(=O)O)C1. The number of hydrogen-bond donors (Lipinski definition) is 3. The second-order valence-electron chi connectivity index (χ2n) is 3.97. The molecular weight excluding hydrogens is 202 g/mol. The predicted octanol–water partition coefficient (Wildman–Crippen LogP) is -0.698. The Morgan fingerprint density at radius 3 is 2.40 bits per heavy atom. The summed E-state index contributed by atoms with van der Waals surface area (Å²) in [5, 5.41) is 20.8. The smallest absolute Gasteiger partial charge is 0.407 e. The highest BCUT2D eigenvalue weighted by Crippen LogP contribution is 2.29. The number of nitrogens with one attached hydrogen (secondary N) is 1. The maximum absolute atomic E-state index is 11.0. The molecule has 0 aromatic rings. The summed E-state index contributed by atoms with van der Waals surface area (Å²) < 4.78 is 0. The summed E-state index contributed by atoms with van der Waals surface area (Å²) in [6.07, 6.45) is -1.96. The molecule has 7 nitrogen and oxygen atoms in total. The number of amides is 2. The third-order valence-corrected chi connectivity index (χ3v) is 3.01. The molecule has 0 aromatic heterocycles. The first-order chi connectivity index (χ1) is 7.05. The molecule has 2 heterocycles. The van der Waals surface area contributed by atoms with E-state index in [2.05, 4.69) is 5.32 Å². The van der Waals surface area contributed by atoms with Gasteiger partial charge in [-0.1, -0.05) is 0 Å². The maximum Gasteiger partial charge on any atom is 0.407 e. The van der Waals surface area contributed by atoms with Crippen LogP contribution < -0.4 is 5.32 Å². The van der Waals surface area contributed by atoms with Crippen LogP contribution in [0.4, 0.5) is 9.59 Å². The van der Waals surface area contributed by atoms with E-state index in [9.17, 15) is 9.59 Å². The Bertz CT molecular complexity index is 300. The zero-order valence-corrected chi connectivity index (χ0v) is 8.14. The zero-order chi connectivity index (χ0) is 11.1. The van der Waals surface area contributed by atoms with Gasteiger partial charge in [0.25, 0.3) is 0 Å². The third kappa shape index (κ3) is 1.48. The number of carbonyl (C=O) groups is 2. The maximum atomic E-state index is 11.0. The lowest BCUT2D eigenvalue weighted by atomic mass is 9.86. The minimum Gasteiger partial charge on any atom is -0.465 e. The number of rotatable bonds is 0. The van der Waals surface area contributed by atoms with Gasteiger partial charge >= 0.3 is 12.2 Å². The molecule has 7 heteroatoms. The van der Waals surface area contributed by atoms with Crippen LogP contribution in [0.5, 0.6) is 0 Å². The van der Waals surface area contributed by atoms with Gasteiger partial charge in [-0.15, -0.1) is 0 Å². The molecule has 2 aliphatic heterocycles. The fourth-order valence-corrected chi connectivity index (χ4v) is 2.23. The molecular formula is C8H13N3O4. The summed E-state index contributed by atoms with van der Waals surface area (Å²) in [5.74, 6) is 0. The van der Waals surface area contributed by atoms with E-state index in [0.29, 0.717) is 19.6 Å². The molecule has 84 valence electrons. The van der Waals surface area contributed by atoms with Gasteiger partial charge in [-0.25, -0.2) is 9.59 Å². The third-order valence-electron chi connectivity index (χ3n) is 3.01. The van der Waals surface area contributed by atoms with Gasteiger partial charge in [-0.2, -0.15) is 0 Å². The molecule has 2 amide bonds. The predicted molar refractivity (Wildman–Crippen MR) is 49.9 cm³/mol. The number of hydrogen-bond acceptors (Lipinski definition) is 3. The average Bonchev–Trinajstić information content (AvgIpc) is 2.13. The van der Waals surface area contributed by atoms with E-state index >= 15 is 0 Å². The van der Waals surface area contributed by atoms with E-state index < -0.39 is 17.7 Å². The van der Waals surface area contributed by atoms with E-state index in [1.807, 2.05) is 0 Å². The molecule has 2 rings (SSSR count). The average molecular weight is 215 g/mol. The monoisotopic (exact) mass is 215 g/mol. The van der Waals surface area contributed by atoms with Crippen LogP contribution in [0.3, 0.4) is 0 Å². The molecule has 0 aliphatic carbocycles. The van der Waals surface area contributed by atoms with E-state index in [4.69, 9.17) is 10.2 Å². The minimum atomic E-state index is -0.989. The minimum absolute atomic E-state index is 0.266. The topological polar surface area (TPSA) is 93.1 Å². The summed E-state index contributed by atoms with van der Waals surface area (Å²) in [6, 6.07) is 0. The van der Waals surface area contributed by atoms with Crippen LogP contribution in [0.15, 0.2) is 0 Å². The summed E-state index contributed by atoms with van der Waals surface area (Å²) >= 11 is 0. The number of likely N-dealkylation sites (tertiary alicyclic amines) is 1. The quantitative estimate of drug-likeness (QED) is 0.497. The van der Waals surface area contributed by atoms with Crippen molar-refractivity contribution in [1.82, 2.24) is 15.1 Å². The molecule has 1 spiro atoms. The Balaban J connectivity index is 2.07. The first kappa shape index (κ1) is 10.0. The van der Waals surface area contributed by atoms with Gasteiger partial charge in [0, 0.05) is 19.6 Å². The van der Waals surface area contributed by atoms with Crippen molar-refractivity contribution in [1.29, 1.82) is 0 Å². The second-order valence-corrected chi connectivity index (χ2v) is 3.97. The van der Waals surface area contributed by atoms with E-state index in [1.54, 1.807) is 0 Å². The van der Waals surface area contributed by atoms with Crippen molar-refractivity contribution in [3.05, 3.63) is 0 Å². The Labute approximate surface area is 86.3 Å². The Morgan fingerprint density at radius 2 is 1.87 bits per heavy atom. The molecule has 0 bridgehead atoms. The van der Waals surface area contributed by atoms with Crippen molar-refractivity contribution in [2.45, 2.75) is 5.54 Å². The standard InChI is InChI=1S/C8H13N3O4/c12-6(13)10-4-8(5-10)3-9-1-2-11(8)7(14)15/h9H,1-5H2,(H,12,13)(H,14,15). The molecule has 2 aliphatic rings. The van der Waals surface area contributed by atoms with Crippen LogP contribution in [0.2, 0.25) is 0 Å². The van der Waals surface area contributed by atoms with Gasteiger partial charge in [0.15, 0.2) is 0 Å². The fourth-order valence-electron chi connectivity index (χ4n) is 2.23. The second kappa shape index (κ2) is 3.27. The summed E-state index contributed by atoms with van der Waals surface area (Å²) in [7, 11) is 0. The lowest BCUT2D eigenvalue weighted by Gasteiger charge is -2.55. The van der Waals surface area contributed by atoms with Crippen LogP contribution in [-0.4, -0.2) is 70.5 Å². The van der Waals surface area contributed by atoms with E-state index in [-0.39, 0.29) is 13.1 Å². The molecule has 2 saturated heterocycles. The lowest BCUT2D eigenvalue weighted by molar-refractivity contribution is -0.0434. The first-order valence-corrected chi connectivity index (χ1v) is 4.74. The molecule has 0 aromatic carbocycles. The van der Waals surface area contributed by atoms with Gasteiger partial charge in [-0.05, 0) is 0 Å². The van der Waals surface area contributed by atoms with Crippen molar-refractivity contribution >= 4 is 12.2 Å². The first-order valence-electron chi connectivity index (χ1n) is 4.74. The molecule has 0 atom stereocenters. The van der Waals surface area contributed by atoms with Gasteiger partial charge in [-0.3, -0.25) is 4.90 Å². The van der Waals surface area contributed by atoms with E-state index in [0.717, 1.165) is 0 Å². The van der Waals surface area contributed by atoms with E-state index in [1.165, 1.54) is 9.80 Å². The largest absolute Gasteiger partial charge is 0.465 e. The highest BCUT2D eigenvalue weighted by Gasteiger charge is 2.52. The molecule has 2 fully saturated rings. The van der Waals surface area contributed by atoms with Gasteiger partial charge in [0.2, 0.25) is 0 Å². The lowest BCUT2D eigenvalue weighted by Crippen LogP contribution is -2.78. The van der Waals surface area contributed by atoms with Crippen LogP contribution in [0.1, 0.15) is 0 Å². The zero-order valence-electron chi connectivity index (χ0n) is 8.14. The summed E-state index contributed by atoms with van der Waals surface area (Å²) in [4.78, 5) is 24.2. The fraction of sp³-hybridized carbons (Fsp3) is 0.750. The highest BCUT2D eigenvalue weighted by atomic mass is 16.4. The van der Waals surface area contributed by atoms with Crippen molar-refractivity contribution in [3.63, 3.8) is 0 Å². The molecule has 0 saturated carbocycles. The highest BCUT2D eigenvalue weighted by molar-refractivity contribution is 5.70. The van der Waals surface area contributed by atoms with Crippen LogP contribution >= 0.6 is 0 Å². The van der Waals surface area contributed by atoms with Crippen molar-refractivity contribution < 1.29 is 19.8 Å². The van der Waals surface area contributed by atoms with Crippen LogP contribution in [0.25, 0.3) is 0 Å². The van der Waals surface area contributed by atoms with Gasteiger partial charge in [0.05, 0.1) is 18.6 Å².